The maximum atomic E-state index is 12.9. The van der Waals surface area contributed by atoms with Gasteiger partial charge in [-0.15, -0.1) is 11.3 Å². The van der Waals surface area contributed by atoms with Gasteiger partial charge in [0.2, 0.25) is 0 Å². The topological polar surface area (TPSA) is 115 Å². The van der Waals surface area contributed by atoms with E-state index < -0.39 is 0 Å². The molecule has 10 heteroatoms. The van der Waals surface area contributed by atoms with Crippen molar-refractivity contribution in [2.75, 3.05) is 10.6 Å². The van der Waals surface area contributed by atoms with E-state index >= 15 is 0 Å². The third kappa shape index (κ3) is 4.53. The number of rotatable bonds is 5. The average Bonchev–Trinajstić information content (AvgIpc) is 3.49. The van der Waals surface area contributed by atoms with Gasteiger partial charge < -0.3 is 15.1 Å². The van der Waals surface area contributed by atoms with Gasteiger partial charge in [-0.1, -0.05) is 20.8 Å². The van der Waals surface area contributed by atoms with Crippen molar-refractivity contribution >= 4 is 34.0 Å². The number of aromatic nitrogens is 4. The summed E-state index contributed by atoms with van der Waals surface area (Å²) >= 11 is 1.15. The highest BCUT2D eigenvalue weighted by molar-refractivity contribution is 7.18. The smallest absolute Gasteiger partial charge is 0.291 e. The number of anilines is 2. The molecule has 0 aromatic carbocycles. The maximum Gasteiger partial charge on any atom is 0.291 e. The largest absolute Gasteiger partial charge is 0.459 e. The van der Waals surface area contributed by atoms with Crippen molar-refractivity contribution in [3.05, 3.63) is 71.4 Å². The number of hydrogen-bond donors (Lipinski definition) is 2. The zero-order chi connectivity index (χ0) is 22.0. The minimum atomic E-state index is -0.382. The lowest BCUT2D eigenvalue weighted by atomic mass is 9.92. The van der Waals surface area contributed by atoms with E-state index in [1.54, 1.807) is 42.7 Å². The van der Waals surface area contributed by atoms with Gasteiger partial charge in [0.1, 0.15) is 5.82 Å². The molecule has 9 nitrogen and oxygen atoms in total. The van der Waals surface area contributed by atoms with Crippen molar-refractivity contribution in [1.82, 2.24) is 19.7 Å². The molecular weight excluding hydrogens is 416 g/mol. The lowest BCUT2D eigenvalue weighted by Gasteiger charge is -2.13. The zero-order valence-corrected chi connectivity index (χ0v) is 17.9. The molecule has 0 radical (unpaired) electrons. The summed E-state index contributed by atoms with van der Waals surface area (Å²) in [6.07, 6.45) is 4.65. The normalized spacial score (nSPS) is 11.3. The van der Waals surface area contributed by atoms with Gasteiger partial charge in [-0.2, -0.15) is 9.78 Å². The van der Waals surface area contributed by atoms with Gasteiger partial charge in [0, 0.05) is 23.9 Å². The molecule has 0 aliphatic heterocycles. The third-order valence-electron chi connectivity index (χ3n) is 4.27. The van der Waals surface area contributed by atoms with Crippen LogP contribution in [0.25, 0.3) is 5.95 Å². The summed E-state index contributed by atoms with van der Waals surface area (Å²) < 4.78 is 6.58. The summed E-state index contributed by atoms with van der Waals surface area (Å²) in [6, 6.07) is 10.0. The summed E-state index contributed by atoms with van der Waals surface area (Å²) in [5.41, 5.74) is 0.555. The van der Waals surface area contributed by atoms with Crippen LogP contribution < -0.4 is 10.6 Å². The second kappa shape index (κ2) is 8.15. The molecule has 158 valence electrons. The van der Waals surface area contributed by atoms with Gasteiger partial charge in [-0.3, -0.25) is 9.59 Å². The molecule has 0 saturated carbocycles. The molecular formula is C21H20N6O3S. The number of hydrogen-bond acceptors (Lipinski definition) is 7. The van der Waals surface area contributed by atoms with E-state index in [2.05, 4.69) is 25.7 Å². The third-order valence-corrected chi connectivity index (χ3v) is 5.27. The lowest BCUT2D eigenvalue weighted by molar-refractivity contribution is 0.0995. The number of amides is 2. The van der Waals surface area contributed by atoms with E-state index in [9.17, 15) is 9.59 Å². The molecule has 4 heterocycles. The predicted molar refractivity (Wildman–Crippen MR) is 117 cm³/mol. The first-order valence-electron chi connectivity index (χ1n) is 9.45. The Morgan fingerprint density at radius 2 is 1.81 bits per heavy atom. The van der Waals surface area contributed by atoms with Crippen LogP contribution in [0.3, 0.4) is 0 Å². The average molecular weight is 436 g/mol. The molecule has 4 aromatic rings. The first-order valence-corrected chi connectivity index (χ1v) is 10.3. The van der Waals surface area contributed by atoms with Crippen LogP contribution in [0.4, 0.5) is 10.8 Å². The first kappa shape index (κ1) is 20.5. The summed E-state index contributed by atoms with van der Waals surface area (Å²) in [5, 5.41) is 10.7. The standard InChI is InChI=1S/C21H20N6O3S/c1-21(2,3)15-12-16(27(26-15)20-22-9-5-10-23-20)24-19(29)14-7-8-17(31-14)25-18(28)13-6-4-11-30-13/h4-12H,1-3H3,(H,24,29)(H,25,28). The predicted octanol–water partition coefficient (Wildman–Crippen LogP) is 4.12. The highest BCUT2D eigenvalue weighted by Gasteiger charge is 2.23. The summed E-state index contributed by atoms with van der Waals surface area (Å²) in [6.45, 7) is 6.10. The Morgan fingerprint density at radius 1 is 1.03 bits per heavy atom. The van der Waals surface area contributed by atoms with Crippen molar-refractivity contribution in [3.8, 4) is 5.95 Å². The Morgan fingerprint density at radius 3 is 2.48 bits per heavy atom. The minimum Gasteiger partial charge on any atom is -0.459 e. The molecule has 0 fully saturated rings. The maximum absolute atomic E-state index is 12.9. The number of nitrogens with one attached hydrogen (secondary N) is 2. The van der Waals surface area contributed by atoms with Gasteiger partial charge in [-0.05, 0) is 30.3 Å². The van der Waals surface area contributed by atoms with Crippen molar-refractivity contribution in [2.24, 2.45) is 0 Å². The molecule has 0 saturated heterocycles. The van der Waals surface area contributed by atoms with Crippen LogP contribution in [-0.4, -0.2) is 31.6 Å². The molecule has 4 aromatic heterocycles. The summed E-state index contributed by atoms with van der Waals surface area (Å²) in [5.74, 6) is 0.288. The zero-order valence-electron chi connectivity index (χ0n) is 17.1. The molecule has 0 spiro atoms. The lowest BCUT2D eigenvalue weighted by Crippen LogP contribution is -2.15. The van der Waals surface area contributed by atoms with Crippen molar-refractivity contribution in [3.63, 3.8) is 0 Å². The Labute approximate surface area is 182 Å². The van der Waals surface area contributed by atoms with E-state index in [1.165, 1.54) is 10.9 Å². The van der Waals surface area contributed by atoms with E-state index in [0.717, 1.165) is 17.0 Å². The van der Waals surface area contributed by atoms with Gasteiger partial charge in [-0.25, -0.2) is 9.97 Å². The SMILES string of the molecule is CC(C)(C)c1cc(NC(=O)c2ccc(NC(=O)c3ccco3)s2)n(-c2ncccn2)n1. The molecule has 0 unspecified atom stereocenters. The van der Waals surface area contributed by atoms with Gasteiger partial charge in [0.25, 0.3) is 17.8 Å². The molecule has 4 rings (SSSR count). The van der Waals surface area contributed by atoms with Crippen molar-refractivity contribution < 1.29 is 14.0 Å². The van der Waals surface area contributed by atoms with Crippen molar-refractivity contribution in [1.29, 1.82) is 0 Å². The molecule has 31 heavy (non-hydrogen) atoms. The monoisotopic (exact) mass is 436 g/mol. The van der Waals surface area contributed by atoms with Crippen LogP contribution in [0, 0.1) is 0 Å². The van der Waals surface area contributed by atoms with Crippen LogP contribution in [-0.2, 0) is 5.41 Å². The Balaban J connectivity index is 1.55. The molecule has 0 bridgehead atoms. The van der Waals surface area contributed by atoms with Crippen LogP contribution in [0.5, 0.6) is 0 Å². The van der Waals surface area contributed by atoms with Gasteiger partial charge in [0.05, 0.1) is 21.8 Å². The molecule has 2 N–H and O–H groups in total. The van der Waals surface area contributed by atoms with E-state index in [4.69, 9.17) is 4.42 Å². The second-order valence-electron chi connectivity index (χ2n) is 7.67. The van der Waals surface area contributed by atoms with Crippen LogP contribution >= 0.6 is 11.3 Å². The minimum absolute atomic E-state index is 0.195. The van der Waals surface area contributed by atoms with Gasteiger partial charge >= 0.3 is 0 Å². The van der Waals surface area contributed by atoms with Crippen LogP contribution in [0.2, 0.25) is 0 Å². The molecule has 0 aliphatic carbocycles. The first-order chi connectivity index (χ1) is 14.8. The fraction of sp³-hybridized carbons (Fsp3) is 0.190. The number of carbonyl (C=O) groups is 2. The Bertz CT molecular complexity index is 1210. The summed E-state index contributed by atoms with van der Waals surface area (Å²) in [7, 11) is 0. The van der Waals surface area contributed by atoms with Gasteiger partial charge in [0.15, 0.2) is 5.76 Å². The highest BCUT2D eigenvalue weighted by Crippen LogP contribution is 2.27. The fourth-order valence-corrected chi connectivity index (χ4v) is 3.47. The van der Waals surface area contributed by atoms with Crippen LogP contribution in [0.15, 0.2) is 59.5 Å². The molecule has 0 aliphatic rings. The molecule has 0 atom stereocenters. The number of nitrogens with zero attached hydrogens (tertiary/aromatic N) is 4. The van der Waals surface area contributed by atoms with E-state index in [0.29, 0.717) is 21.6 Å². The number of carbonyl (C=O) groups excluding carboxylic acids is 2. The number of thiophene rings is 1. The molecule has 2 amide bonds. The summed E-state index contributed by atoms with van der Waals surface area (Å²) in [4.78, 5) is 33.9. The fourth-order valence-electron chi connectivity index (χ4n) is 2.68. The van der Waals surface area contributed by atoms with Crippen LogP contribution in [0.1, 0.15) is 46.7 Å². The quantitative estimate of drug-likeness (QED) is 0.486. The Hall–Kier alpha value is -3.79. The highest BCUT2D eigenvalue weighted by atomic mass is 32.1. The Kier molecular flexibility index (Phi) is 5.38. The second-order valence-corrected chi connectivity index (χ2v) is 8.76. The van der Waals surface area contributed by atoms with E-state index in [1.807, 2.05) is 26.8 Å². The van der Waals surface area contributed by atoms with E-state index in [-0.39, 0.29) is 23.0 Å². The number of furan rings is 1. The van der Waals surface area contributed by atoms with Crippen molar-refractivity contribution in [2.45, 2.75) is 26.2 Å².